The van der Waals surface area contributed by atoms with Crippen LogP contribution in [0.25, 0.3) is 0 Å². The maximum Gasteiger partial charge on any atom is 0.339 e. The Hall–Kier alpha value is -0.880. The van der Waals surface area contributed by atoms with Crippen LogP contribution in [0.1, 0.15) is 62.3 Å². The lowest BCUT2D eigenvalue weighted by atomic mass is 10.1. The molecule has 0 amide bonds. The van der Waals surface area contributed by atoms with Gasteiger partial charge < -0.3 is 9.47 Å². The third kappa shape index (κ3) is 5.72. The molecule has 0 bridgehead atoms. The van der Waals surface area contributed by atoms with Crippen molar-refractivity contribution in [3.05, 3.63) is 32.2 Å². The molecule has 0 spiro atoms. The Morgan fingerprint density at radius 1 is 0.773 bits per heavy atom. The van der Waals surface area contributed by atoms with Crippen molar-refractivity contribution >= 4 is 43.8 Å². The van der Waals surface area contributed by atoms with Crippen LogP contribution in [0, 0.1) is 0 Å². The Morgan fingerprint density at radius 3 is 1.27 bits per heavy atom. The number of halogens is 2. The molecule has 0 radical (unpaired) electrons. The molecule has 0 aliphatic heterocycles. The van der Waals surface area contributed by atoms with Crippen LogP contribution in [0.15, 0.2) is 21.1 Å². The van der Waals surface area contributed by atoms with Gasteiger partial charge in [0.2, 0.25) is 0 Å². The van der Waals surface area contributed by atoms with Crippen molar-refractivity contribution < 1.29 is 19.1 Å². The fourth-order valence-electron chi connectivity index (χ4n) is 1.55. The van der Waals surface area contributed by atoms with Crippen LogP contribution in [0.2, 0.25) is 0 Å². The number of hydrogen-bond acceptors (Lipinski definition) is 4. The second-order valence-corrected chi connectivity index (χ2v) is 8.52. The van der Waals surface area contributed by atoms with E-state index in [1.54, 1.807) is 53.7 Å². The zero-order valence-corrected chi connectivity index (χ0v) is 16.7. The van der Waals surface area contributed by atoms with Gasteiger partial charge in [0, 0.05) is 8.95 Å². The standard InChI is InChI=1S/C16H20Br2O4/c1-15(2,3)21-13(19)9-7-11(17)12(18)8-10(9)14(20)22-16(4,5)6/h7-8H,1-6H3. The summed E-state index contributed by atoms with van der Waals surface area (Å²) in [4.78, 5) is 24.7. The second kappa shape index (κ2) is 6.71. The van der Waals surface area contributed by atoms with E-state index in [2.05, 4.69) is 31.9 Å². The summed E-state index contributed by atoms with van der Waals surface area (Å²) in [6.07, 6.45) is 0. The number of carbonyl (C=O) groups excluding carboxylic acids is 2. The first-order valence-electron chi connectivity index (χ1n) is 6.76. The fourth-order valence-corrected chi connectivity index (χ4v) is 2.24. The molecule has 1 aromatic rings. The van der Waals surface area contributed by atoms with E-state index in [1.807, 2.05) is 0 Å². The molecule has 0 fully saturated rings. The van der Waals surface area contributed by atoms with Crippen molar-refractivity contribution in [2.45, 2.75) is 52.7 Å². The lowest BCUT2D eigenvalue weighted by Gasteiger charge is -2.23. The van der Waals surface area contributed by atoms with E-state index in [1.165, 1.54) is 0 Å². The van der Waals surface area contributed by atoms with Gasteiger partial charge in [0.05, 0.1) is 11.1 Å². The minimum absolute atomic E-state index is 0.166. The molecule has 0 aliphatic carbocycles. The summed E-state index contributed by atoms with van der Waals surface area (Å²) >= 11 is 6.66. The molecular weight excluding hydrogens is 416 g/mol. The van der Waals surface area contributed by atoms with Gasteiger partial charge >= 0.3 is 11.9 Å². The van der Waals surface area contributed by atoms with Gasteiger partial charge in [-0.1, -0.05) is 0 Å². The lowest BCUT2D eigenvalue weighted by molar-refractivity contribution is 0.00185. The molecule has 0 N–H and O–H groups in total. The summed E-state index contributed by atoms with van der Waals surface area (Å²) in [5.74, 6) is -1.14. The minimum atomic E-state index is -0.651. The first-order chi connectivity index (χ1) is 9.80. The zero-order valence-electron chi connectivity index (χ0n) is 13.5. The maximum absolute atomic E-state index is 12.3. The van der Waals surface area contributed by atoms with Crippen molar-refractivity contribution in [2.75, 3.05) is 0 Å². The molecular formula is C16H20Br2O4. The van der Waals surface area contributed by atoms with Gasteiger partial charge in [0.25, 0.3) is 0 Å². The molecule has 0 saturated carbocycles. The van der Waals surface area contributed by atoms with Crippen LogP contribution in [-0.4, -0.2) is 23.1 Å². The molecule has 0 aromatic heterocycles. The first kappa shape index (κ1) is 19.2. The average Bonchev–Trinajstić information content (AvgIpc) is 2.27. The number of esters is 2. The highest BCUT2D eigenvalue weighted by Gasteiger charge is 2.27. The number of carbonyl (C=O) groups is 2. The smallest absolute Gasteiger partial charge is 0.339 e. The topological polar surface area (TPSA) is 52.6 Å². The Kier molecular flexibility index (Phi) is 5.84. The van der Waals surface area contributed by atoms with E-state index in [0.29, 0.717) is 8.95 Å². The van der Waals surface area contributed by atoms with E-state index in [4.69, 9.17) is 9.47 Å². The zero-order chi connectivity index (χ0) is 17.3. The van der Waals surface area contributed by atoms with Crippen LogP contribution >= 0.6 is 31.9 Å². The third-order valence-corrected chi connectivity index (χ3v) is 4.14. The summed E-state index contributed by atoms with van der Waals surface area (Å²) in [5.41, 5.74) is -0.970. The number of hydrogen-bond donors (Lipinski definition) is 0. The Bertz CT molecular complexity index is 542. The quantitative estimate of drug-likeness (QED) is 0.604. The van der Waals surface area contributed by atoms with Crippen LogP contribution in [-0.2, 0) is 9.47 Å². The maximum atomic E-state index is 12.3. The second-order valence-electron chi connectivity index (χ2n) is 6.82. The summed E-state index contributed by atoms with van der Waals surface area (Å²) in [6, 6.07) is 3.11. The van der Waals surface area contributed by atoms with Gasteiger partial charge in [-0.25, -0.2) is 9.59 Å². The molecule has 1 aromatic carbocycles. The highest BCUT2D eigenvalue weighted by molar-refractivity contribution is 9.13. The van der Waals surface area contributed by atoms with Crippen molar-refractivity contribution in [1.29, 1.82) is 0 Å². The molecule has 0 aliphatic rings. The van der Waals surface area contributed by atoms with Crippen LogP contribution in [0.4, 0.5) is 0 Å². The van der Waals surface area contributed by atoms with Crippen LogP contribution in [0.5, 0.6) is 0 Å². The SMILES string of the molecule is CC(C)(C)OC(=O)c1cc(Br)c(Br)cc1C(=O)OC(C)(C)C. The number of ether oxygens (including phenoxy) is 2. The van der Waals surface area contributed by atoms with Gasteiger partial charge in [0.15, 0.2) is 0 Å². The predicted molar refractivity (Wildman–Crippen MR) is 92.2 cm³/mol. The third-order valence-electron chi connectivity index (χ3n) is 2.30. The molecule has 1 rings (SSSR count). The van der Waals surface area contributed by atoms with E-state index in [0.717, 1.165) is 0 Å². The normalized spacial score (nSPS) is 12.0. The van der Waals surface area contributed by atoms with Gasteiger partial charge in [-0.05, 0) is 85.5 Å². The molecule has 6 heteroatoms. The van der Waals surface area contributed by atoms with Gasteiger partial charge in [-0.15, -0.1) is 0 Å². The summed E-state index contributed by atoms with van der Waals surface area (Å²) in [7, 11) is 0. The molecule has 22 heavy (non-hydrogen) atoms. The van der Waals surface area contributed by atoms with Gasteiger partial charge in [-0.3, -0.25) is 0 Å². The molecule has 0 heterocycles. The molecule has 0 saturated heterocycles. The Labute approximate surface area is 147 Å². The Balaban J connectivity index is 3.29. The number of rotatable bonds is 2. The van der Waals surface area contributed by atoms with E-state index >= 15 is 0 Å². The molecule has 4 nitrogen and oxygen atoms in total. The largest absolute Gasteiger partial charge is 0.456 e. The van der Waals surface area contributed by atoms with E-state index in [9.17, 15) is 9.59 Å². The fraction of sp³-hybridized carbons (Fsp3) is 0.500. The monoisotopic (exact) mass is 434 g/mol. The summed E-state index contributed by atoms with van der Waals surface area (Å²) in [6.45, 7) is 10.6. The van der Waals surface area contributed by atoms with Crippen molar-refractivity contribution in [3.63, 3.8) is 0 Å². The highest BCUT2D eigenvalue weighted by Crippen LogP contribution is 2.29. The highest BCUT2D eigenvalue weighted by atomic mass is 79.9. The van der Waals surface area contributed by atoms with Gasteiger partial charge in [-0.2, -0.15) is 0 Å². The van der Waals surface area contributed by atoms with Crippen molar-refractivity contribution in [3.8, 4) is 0 Å². The molecule has 0 atom stereocenters. The number of benzene rings is 1. The summed E-state index contributed by atoms with van der Waals surface area (Å²) < 4.78 is 12.0. The molecule has 122 valence electrons. The van der Waals surface area contributed by atoms with Crippen molar-refractivity contribution in [2.24, 2.45) is 0 Å². The van der Waals surface area contributed by atoms with Crippen molar-refractivity contribution in [1.82, 2.24) is 0 Å². The van der Waals surface area contributed by atoms with Gasteiger partial charge in [0.1, 0.15) is 11.2 Å². The summed E-state index contributed by atoms with van der Waals surface area (Å²) in [5, 5.41) is 0. The predicted octanol–water partition coefficient (Wildman–Crippen LogP) is 5.12. The Morgan fingerprint density at radius 2 is 1.05 bits per heavy atom. The average molecular weight is 436 g/mol. The molecule has 0 unspecified atom stereocenters. The lowest BCUT2D eigenvalue weighted by Crippen LogP contribution is -2.28. The van der Waals surface area contributed by atoms with E-state index in [-0.39, 0.29) is 11.1 Å². The first-order valence-corrected chi connectivity index (χ1v) is 8.34. The van der Waals surface area contributed by atoms with E-state index < -0.39 is 23.1 Å². The minimum Gasteiger partial charge on any atom is -0.456 e. The van der Waals surface area contributed by atoms with Crippen LogP contribution in [0.3, 0.4) is 0 Å². The van der Waals surface area contributed by atoms with Crippen LogP contribution < -0.4 is 0 Å².